The van der Waals surface area contributed by atoms with Crippen LogP contribution in [0.3, 0.4) is 0 Å². The Labute approximate surface area is 144 Å². The van der Waals surface area contributed by atoms with E-state index < -0.39 is 23.7 Å². The molecule has 1 aliphatic carbocycles. The summed E-state index contributed by atoms with van der Waals surface area (Å²) in [5.74, 6) is -2.26. The lowest BCUT2D eigenvalue weighted by Crippen LogP contribution is -2.37. The first-order valence-corrected chi connectivity index (χ1v) is 8.18. The van der Waals surface area contributed by atoms with Gasteiger partial charge in [-0.25, -0.2) is 4.39 Å². The molecular formula is C19H19FN2O3. The fourth-order valence-electron chi connectivity index (χ4n) is 2.96. The minimum absolute atomic E-state index is 0.0711. The van der Waals surface area contributed by atoms with Gasteiger partial charge in [-0.05, 0) is 48.6 Å². The van der Waals surface area contributed by atoms with Crippen LogP contribution in [0.2, 0.25) is 0 Å². The Bertz CT molecular complexity index is 807. The Balaban J connectivity index is 1.54. The molecule has 0 bridgehead atoms. The molecule has 0 heterocycles. The summed E-state index contributed by atoms with van der Waals surface area (Å²) in [5.41, 5.74) is 3.10. The third kappa shape index (κ3) is 4.03. The number of hydrogen-bond acceptors (Lipinski definition) is 3. The summed E-state index contributed by atoms with van der Waals surface area (Å²) >= 11 is 0. The monoisotopic (exact) mass is 342 g/mol. The van der Waals surface area contributed by atoms with E-state index in [1.165, 1.54) is 29.3 Å². The van der Waals surface area contributed by atoms with Gasteiger partial charge in [0.05, 0.1) is 6.10 Å². The molecule has 0 radical (unpaired) electrons. The Morgan fingerprint density at radius 2 is 1.84 bits per heavy atom. The molecule has 3 N–H and O–H groups in total. The number of anilines is 1. The van der Waals surface area contributed by atoms with Gasteiger partial charge in [0.2, 0.25) is 0 Å². The van der Waals surface area contributed by atoms with Crippen LogP contribution in [0.4, 0.5) is 10.1 Å². The molecule has 25 heavy (non-hydrogen) atoms. The quantitative estimate of drug-likeness (QED) is 0.745. The Morgan fingerprint density at radius 1 is 1.08 bits per heavy atom. The van der Waals surface area contributed by atoms with E-state index in [4.69, 9.17) is 0 Å². The standard InChI is InChI=1S/C19H19FN2O3/c20-16-7-2-1-6-15(16)17(23)11-21-18(24)19(25)22-14-9-8-12-4-3-5-13(12)10-14/h1-2,6-10,17,23H,3-5,11H2,(H,21,24)(H,22,25). The Hall–Kier alpha value is -2.73. The molecule has 1 atom stereocenters. The van der Waals surface area contributed by atoms with E-state index in [1.54, 1.807) is 12.1 Å². The van der Waals surface area contributed by atoms with Gasteiger partial charge in [-0.2, -0.15) is 0 Å². The van der Waals surface area contributed by atoms with Crippen LogP contribution in [0.25, 0.3) is 0 Å². The van der Waals surface area contributed by atoms with E-state index in [9.17, 15) is 19.1 Å². The van der Waals surface area contributed by atoms with Gasteiger partial charge in [-0.1, -0.05) is 24.3 Å². The largest absolute Gasteiger partial charge is 0.386 e. The molecule has 2 amide bonds. The highest BCUT2D eigenvalue weighted by molar-refractivity contribution is 6.39. The number of benzene rings is 2. The summed E-state index contributed by atoms with van der Waals surface area (Å²) < 4.78 is 13.6. The second kappa shape index (κ2) is 7.44. The molecule has 5 nitrogen and oxygen atoms in total. The summed E-state index contributed by atoms with van der Waals surface area (Å²) in [6.45, 7) is -0.253. The van der Waals surface area contributed by atoms with Crippen molar-refractivity contribution in [1.29, 1.82) is 0 Å². The summed E-state index contributed by atoms with van der Waals surface area (Å²) in [6, 6.07) is 11.3. The van der Waals surface area contributed by atoms with Crippen molar-refractivity contribution in [1.82, 2.24) is 5.32 Å². The van der Waals surface area contributed by atoms with Crippen LogP contribution in [0.15, 0.2) is 42.5 Å². The summed E-state index contributed by atoms with van der Waals surface area (Å²) in [5, 5.41) is 14.8. The predicted molar refractivity (Wildman–Crippen MR) is 91.5 cm³/mol. The molecule has 0 aromatic heterocycles. The first kappa shape index (κ1) is 17.1. The molecular weight excluding hydrogens is 323 g/mol. The van der Waals surface area contributed by atoms with Crippen molar-refractivity contribution >= 4 is 17.5 Å². The average molecular weight is 342 g/mol. The van der Waals surface area contributed by atoms with Gasteiger partial charge in [0.15, 0.2) is 0 Å². The van der Waals surface area contributed by atoms with E-state index >= 15 is 0 Å². The van der Waals surface area contributed by atoms with Gasteiger partial charge in [0, 0.05) is 17.8 Å². The number of aryl methyl sites for hydroxylation is 2. The van der Waals surface area contributed by atoms with Crippen LogP contribution < -0.4 is 10.6 Å². The van der Waals surface area contributed by atoms with Crippen molar-refractivity contribution in [2.75, 3.05) is 11.9 Å². The number of aliphatic hydroxyl groups is 1. The SMILES string of the molecule is O=C(NCC(O)c1ccccc1F)C(=O)Nc1ccc2c(c1)CCC2. The van der Waals surface area contributed by atoms with Gasteiger partial charge >= 0.3 is 11.8 Å². The highest BCUT2D eigenvalue weighted by atomic mass is 19.1. The number of fused-ring (bicyclic) bond motifs is 1. The maximum Gasteiger partial charge on any atom is 0.313 e. The van der Waals surface area contributed by atoms with Crippen molar-refractivity contribution in [3.63, 3.8) is 0 Å². The van der Waals surface area contributed by atoms with E-state index in [1.807, 2.05) is 12.1 Å². The number of rotatable bonds is 4. The third-order valence-corrected chi connectivity index (χ3v) is 4.28. The molecule has 2 aromatic carbocycles. The van der Waals surface area contributed by atoms with Gasteiger partial charge in [-0.3, -0.25) is 9.59 Å². The molecule has 0 fully saturated rings. The summed E-state index contributed by atoms with van der Waals surface area (Å²) in [4.78, 5) is 23.8. The van der Waals surface area contributed by atoms with E-state index in [-0.39, 0.29) is 12.1 Å². The number of nitrogens with one attached hydrogen (secondary N) is 2. The third-order valence-electron chi connectivity index (χ3n) is 4.28. The molecule has 3 rings (SSSR count). The Morgan fingerprint density at radius 3 is 2.64 bits per heavy atom. The van der Waals surface area contributed by atoms with Crippen LogP contribution >= 0.6 is 0 Å². The molecule has 0 spiro atoms. The maximum absolute atomic E-state index is 13.6. The normalized spacial score (nSPS) is 13.8. The number of aliphatic hydroxyl groups excluding tert-OH is 1. The van der Waals surface area contributed by atoms with Gasteiger partial charge in [-0.15, -0.1) is 0 Å². The fraction of sp³-hybridized carbons (Fsp3) is 0.263. The number of carbonyl (C=O) groups excluding carboxylic acids is 2. The zero-order chi connectivity index (χ0) is 17.8. The molecule has 1 unspecified atom stereocenters. The van der Waals surface area contributed by atoms with Gasteiger partial charge in [0.25, 0.3) is 0 Å². The number of hydrogen-bond donors (Lipinski definition) is 3. The van der Waals surface area contributed by atoms with Gasteiger partial charge in [0.1, 0.15) is 5.82 Å². The fourth-order valence-corrected chi connectivity index (χ4v) is 2.96. The van der Waals surface area contributed by atoms with Crippen molar-refractivity contribution in [2.24, 2.45) is 0 Å². The van der Waals surface area contributed by atoms with Crippen LogP contribution in [-0.4, -0.2) is 23.5 Å². The van der Waals surface area contributed by atoms with Crippen LogP contribution in [0, 0.1) is 5.82 Å². The molecule has 6 heteroatoms. The lowest BCUT2D eigenvalue weighted by atomic mass is 10.1. The van der Waals surface area contributed by atoms with E-state index in [2.05, 4.69) is 10.6 Å². The zero-order valence-electron chi connectivity index (χ0n) is 13.6. The maximum atomic E-state index is 13.6. The molecule has 1 aliphatic rings. The minimum Gasteiger partial charge on any atom is -0.386 e. The lowest BCUT2D eigenvalue weighted by molar-refractivity contribution is -0.136. The smallest absolute Gasteiger partial charge is 0.313 e. The first-order chi connectivity index (χ1) is 12.0. The second-order valence-corrected chi connectivity index (χ2v) is 6.04. The second-order valence-electron chi connectivity index (χ2n) is 6.04. The van der Waals surface area contributed by atoms with Crippen molar-refractivity contribution < 1.29 is 19.1 Å². The number of carbonyl (C=O) groups is 2. The average Bonchev–Trinajstić information content (AvgIpc) is 3.07. The number of amides is 2. The zero-order valence-corrected chi connectivity index (χ0v) is 13.6. The van der Waals surface area contributed by atoms with E-state index in [0.29, 0.717) is 5.69 Å². The predicted octanol–water partition coefficient (Wildman–Crippen LogP) is 2.10. The van der Waals surface area contributed by atoms with Crippen LogP contribution in [0.1, 0.15) is 29.2 Å². The molecule has 2 aromatic rings. The molecule has 0 saturated heterocycles. The summed E-state index contributed by atoms with van der Waals surface area (Å²) in [6.07, 6.45) is 1.89. The molecule has 0 saturated carbocycles. The van der Waals surface area contributed by atoms with Crippen molar-refractivity contribution in [2.45, 2.75) is 25.4 Å². The highest BCUT2D eigenvalue weighted by Gasteiger charge is 2.18. The van der Waals surface area contributed by atoms with Crippen molar-refractivity contribution in [3.8, 4) is 0 Å². The Kier molecular flexibility index (Phi) is 5.09. The lowest BCUT2D eigenvalue weighted by Gasteiger charge is -2.13. The first-order valence-electron chi connectivity index (χ1n) is 8.18. The molecule has 130 valence electrons. The highest BCUT2D eigenvalue weighted by Crippen LogP contribution is 2.24. The minimum atomic E-state index is -1.22. The molecule has 0 aliphatic heterocycles. The summed E-state index contributed by atoms with van der Waals surface area (Å²) in [7, 11) is 0. The van der Waals surface area contributed by atoms with Crippen LogP contribution in [-0.2, 0) is 22.4 Å². The van der Waals surface area contributed by atoms with E-state index in [0.717, 1.165) is 19.3 Å². The number of halogens is 1. The van der Waals surface area contributed by atoms with Crippen molar-refractivity contribution in [3.05, 3.63) is 65.0 Å². The van der Waals surface area contributed by atoms with Crippen LogP contribution in [0.5, 0.6) is 0 Å². The topological polar surface area (TPSA) is 78.4 Å². The van der Waals surface area contributed by atoms with Gasteiger partial charge < -0.3 is 15.7 Å².